The Hall–Kier alpha value is -0.120. The Morgan fingerprint density at radius 1 is 1.50 bits per heavy atom. The first-order valence-corrected chi connectivity index (χ1v) is 6.62. The van der Waals surface area contributed by atoms with Crippen LogP contribution in [-0.2, 0) is 9.47 Å². The molecule has 1 fully saturated rings. The highest BCUT2D eigenvalue weighted by atomic mass is 16.5. The Morgan fingerprint density at radius 2 is 2.31 bits per heavy atom. The van der Waals surface area contributed by atoms with Crippen LogP contribution >= 0.6 is 0 Å². The SMILES string of the molecule is CCCC1CC(NC(C)CCOC)CCO1. The van der Waals surface area contributed by atoms with Crippen molar-refractivity contribution in [3.05, 3.63) is 0 Å². The molecule has 0 amide bonds. The van der Waals surface area contributed by atoms with Gasteiger partial charge in [0.1, 0.15) is 0 Å². The van der Waals surface area contributed by atoms with E-state index < -0.39 is 0 Å². The topological polar surface area (TPSA) is 30.5 Å². The quantitative estimate of drug-likeness (QED) is 0.727. The average Bonchev–Trinajstić information content (AvgIpc) is 2.27. The minimum absolute atomic E-state index is 0.478. The molecule has 3 nitrogen and oxygen atoms in total. The van der Waals surface area contributed by atoms with Gasteiger partial charge < -0.3 is 14.8 Å². The first-order valence-electron chi connectivity index (χ1n) is 6.62. The van der Waals surface area contributed by atoms with Crippen molar-refractivity contribution >= 4 is 0 Å². The van der Waals surface area contributed by atoms with E-state index in [4.69, 9.17) is 9.47 Å². The molecule has 0 spiro atoms. The van der Waals surface area contributed by atoms with Crippen molar-refractivity contribution in [1.29, 1.82) is 0 Å². The molecule has 0 aromatic heterocycles. The van der Waals surface area contributed by atoms with E-state index in [-0.39, 0.29) is 0 Å². The maximum absolute atomic E-state index is 5.75. The van der Waals surface area contributed by atoms with Crippen LogP contribution in [0.15, 0.2) is 0 Å². The third-order valence-corrected chi connectivity index (χ3v) is 3.25. The molecule has 1 rings (SSSR count). The molecule has 0 saturated carbocycles. The summed E-state index contributed by atoms with van der Waals surface area (Å²) in [5, 5.41) is 3.68. The van der Waals surface area contributed by atoms with Gasteiger partial charge in [-0.2, -0.15) is 0 Å². The van der Waals surface area contributed by atoms with E-state index in [1.165, 1.54) is 19.3 Å². The van der Waals surface area contributed by atoms with Crippen LogP contribution in [-0.4, -0.2) is 38.5 Å². The fourth-order valence-electron chi connectivity index (χ4n) is 2.34. The third kappa shape index (κ3) is 5.28. The molecule has 1 aliphatic heterocycles. The van der Waals surface area contributed by atoms with Gasteiger partial charge >= 0.3 is 0 Å². The van der Waals surface area contributed by atoms with E-state index >= 15 is 0 Å². The molecule has 3 unspecified atom stereocenters. The van der Waals surface area contributed by atoms with Crippen LogP contribution in [0, 0.1) is 0 Å². The van der Waals surface area contributed by atoms with Gasteiger partial charge in [-0.25, -0.2) is 0 Å². The normalized spacial score (nSPS) is 27.9. The Kier molecular flexibility index (Phi) is 7.01. The van der Waals surface area contributed by atoms with Gasteiger partial charge in [-0.05, 0) is 32.6 Å². The summed E-state index contributed by atoms with van der Waals surface area (Å²) in [5.41, 5.74) is 0. The fraction of sp³-hybridized carbons (Fsp3) is 1.00. The molecule has 0 radical (unpaired) electrons. The van der Waals surface area contributed by atoms with Crippen molar-refractivity contribution < 1.29 is 9.47 Å². The van der Waals surface area contributed by atoms with E-state index in [9.17, 15) is 0 Å². The molecule has 0 bridgehead atoms. The predicted octanol–water partition coefficient (Wildman–Crippen LogP) is 2.35. The Balaban J connectivity index is 2.20. The number of nitrogens with one attached hydrogen (secondary N) is 1. The van der Waals surface area contributed by atoms with Gasteiger partial charge in [0.15, 0.2) is 0 Å². The highest BCUT2D eigenvalue weighted by Gasteiger charge is 2.22. The standard InChI is InChI=1S/C13H27NO2/c1-4-5-13-10-12(7-9-16-13)14-11(2)6-8-15-3/h11-14H,4-10H2,1-3H3. The summed E-state index contributed by atoms with van der Waals surface area (Å²) in [6.07, 6.45) is 6.31. The van der Waals surface area contributed by atoms with E-state index in [1.54, 1.807) is 7.11 Å². The van der Waals surface area contributed by atoms with E-state index in [0.717, 1.165) is 26.1 Å². The van der Waals surface area contributed by atoms with Crippen molar-refractivity contribution in [2.24, 2.45) is 0 Å². The van der Waals surface area contributed by atoms with Gasteiger partial charge in [0.2, 0.25) is 0 Å². The summed E-state index contributed by atoms with van der Waals surface area (Å²) in [6.45, 7) is 6.22. The molecule has 1 N–H and O–H groups in total. The Bertz CT molecular complexity index is 173. The van der Waals surface area contributed by atoms with Gasteiger partial charge in [0.25, 0.3) is 0 Å². The van der Waals surface area contributed by atoms with Gasteiger partial charge in [-0.15, -0.1) is 0 Å². The highest BCUT2D eigenvalue weighted by molar-refractivity contribution is 4.79. The van der Waals surface area contributed by atoms with Gasteiger partial charge in [-0.3, -0.25) is 0 Å². The maximum Gasteiger partial charge on any atom is 0.0589 e. The molecule has 1 heterocycles. The Labute approximate surface area is 99.9 Å². The van der Waals surface area contributed by atoms with Crippen LogP contribution in [0.25, 0.3) is 0 Å². The zero-order chi connectivity index (χ0) is 11.8. The molecule has 1 aliphatic rings. The minimum Gasteiger partial charge on any atom is -0.385 e. The summed E-state index contributed by atoms with van der Waals surface area (Å²) in [4.78, 5) is 0. The number of ether oxygens (including phenoxy) is 2. The molecule has 16 heavy (non-hydrogen) atoms. The summed E-state index contributed by atoms with van der Waals surface area (Å²) >= 11 is 0. The third-order valence-electron chi connectivity index (χ3n) is 3.25. The van der Waals surface area contributed by atoms with E-state index in [2.05, 4.69) is 19.2 Å². The highest BCUT2D eigenvalue weighted by Crippen LogP contribution is 2.18. The van der Waals surface area contributed by atoms with Crippen molar-refractivity contribution in [2.45, 2.75) is 64.1 Å². The number of hydrogen-bond donors (Lipinski definition) is 1. The maximum atomic E-state index is 5.75. The molecular weight excluding hydrogens is 202 g/mol. The molecular formula is C13H27NO2. The lowest BCUT2D eigenvalue weighted by Gasteiger charge is -2.32. The van der Waals surface area contributed by atoms with E-state index in [1.807, 2.05) is 0 Å². The second-order valence-electron chi connectivity index (χ2n) is 4.85. The zero-order valence-corrected chi connectivity index (χ0v) is 11.0. The van der Waals surface area contributed by atoms with Crippen LogP contribution in [0.2, 0.25) is 0 Å². The van der Waals surface area contributed by atoms with Crippen molar-refractivity contribution in [3.8, 4) is 0 Å². The minimum atomic E-state index is 0.478. The van der Waals surface area contributed by atoms with Crippen LogP contribution in [0.5, 0.6) is 0 Å². The van der Waals surface area contributed by atoms with Crippen molar-refractivity contribution in [2.75, 3.05) is 20.3 Å². The average molecular weight is 229 g/mol. The number of methoxy groups -OCH3 is 1. The zero-order valence-electron chi connectivity index (χ0n) is 11.0. The molecule has 0 aliphatic carbocycles. The number of rotatable bonds is 7. The van der Waals surface area contributed by atoms with Crippen LogP contribution in [0.1, 0.15) is 46.0 Å². The largest absolute Gasteiger partial charge is 0.385 e. The lowest BCUT2D eigenvalue weighted by Crippen LogP contribution is -2.43. The molecule has 1 saturated heterocycles. The second-order valence-corrected chi connectivity index (χ2v) is 4.85. The monoisotopic (exact) mass is 229 g/mol. The van der Waals surface area contributed by atoms with Crippen LogP contribution < -0.4 is 5.32 Å². The Morgan fingerprint density at radius 3 is 3.00 bits per heavy atom. The van der Waals surface area contributed by atoms with Crippen LogP contribution in [0.4, 0.5) is 0 Å². The van der Waals surface area contributed by atoms with Crippen LogP contribution in [0.3, 0.4) is 0 Å². The lowest BCUT2D eigenvalue weighted by atomic mass is 9.99. The second kappa shape index (κ2) is 8.04. The predicted molar refractivity (Wildman–Crippen MR) is 66.8 cm³/mol. The molecule has 0 aromatic carbocycles. The molecule has 96 valence electrons. The lowest BCUT2D eigenvalue weighted by molar-refractivity contribution is -0.00519. The van der Waals surface area contributed by atoms with Crippen molar-refractivity contribution in [3.63, 3.8) is 0 Å². The smallest absolute Gasteiger partial charge is 0.0589 e. The fourth-order valence-corrected chi connectivity index (χ4v) is 2.34. The van der Waals surface area contributed by atoms with E-state index in [0.29, 0.717) is 18.2 Å². The summed E-state index contributed by atoms with van der Waals surface area (Å²) in [5.74, 6) is 0. The first kappa shape index (κ1) is 13.9. The molecule has 0 aromatic rings. The van der Waals surface area contributed by atoms with Gasteiger partial charge in [0.05, 0.1) is 6.10 Å². The van der Waals surface area contributed by atoms with Gasteiger partial charge in [0, 0.05) is 32.4 Å². The summed E-state index contributed by atoms with van der Waals surface area (Å²) in [6, 6.07) is 1.18. The van der Waals surface area contributed by atoms with Crippen molar-refractivity contribution in [1.82, 2.24) is 5.32 Å². The van der Waals surface area contributed by atoms with Gasteiger partial charge in [-0.1, -0.05) is 13.3 Å². The molecule has 3 heteroatoms. The molecule has 3 atom stereocenters. The first-order chi connectivity index (χ1) is 7.76. The summed E-state index contributed by atoms with van der Waals surface area (Å²) < 4.78 is 10.8. The number of hydrogen-bond acceptors (Lipinski definition) is 3. The summed E-state index contributed by atoms with van der Waals surface area (Å²) in [7, 11) is 1.76.